The first-order valence-electron chi connectivity index (χ1n) is 11.6. The molecule has 0 bridgehead atoms. The number of hydrogen-bond donors (Lipinski definition) is 0. The average molecular weight is 427 g/mol. The highest BCUT2D eigenvalue weighted by Gasteiger charge is 2.51. The molecule has 3 aliphatic rings. The van der Waals surface area contributed by atoms with Gasteiger partial charge in [-0.3, -0.25) is 9.59 Å². The van der Waals surface area contributed by atoms with Crippen LogP contribution in [0.1, 0.15) is 57.1 Å². The number of carbonyl (C=O) groups excluding carboxylic acids is 2. The van der Waals surface area contributed by atoms with Gasteiger partial charge in [0.2, 0.25) is 0 Å². The summed E-state index contributed by atoms with van der Waals surface area (Å²) >= 11 is 0. The molecule has 1 fully saturated rings. The van der Waals surface area contributed by atoms with Crippen molar-refractivity contribution in [1.82, 2.24) is 9.80 Å². The maximum atomic E-state index is 13.6. The number of ether oxygens (including phenoxy) is 2. The van der Waals surface area contributed by atoms with Gasteiger partial charge in [-0.15, -0.1) is 0 Å². The standard InChI is InChI=1S/C25H34N2O4/c1-4-15-30-18-10-7-9-17(16-18)22-21-23(28)19-11-5-6-12-20(19)31-24(21)25(29)27(22)14-8-13-26(2)3/h7,9-10,16,19-20,22H,4-6,8,11-15H2,1-3H3. The molecule has 0 radical (unpaired) electrons. The predicted molar refractivity (Wildman–Crippen MR) is 119 cm³/mol. The van der Waals surface area contributed by atoms with Crippen LogP contribution >= 0.6 is 0 Å². The van der Waals surface area contributed by atoms with E-state index in [9.17, 15) is 9.59 Å². The van der Waals surface area contributed by atoms with E-state index in [1.54, 1.807) is 0 Å². The van der Waals surface area contributed by atoms with Gasteiger partial charge in [0.1, 0.15) is 11.9 Å². The zero-order chi connectivity index (χ0) is 22.0. The van der Waals surface area contributed by atoms with E-state index in [1.807, 2.05) is 43.3 Å². The lowest BCUT2D eigenvalue weighted by molar-refractivity contribution is -0.135. The molecule has 1 aliphatic carbocycles. The molecule has 1 aromatic rings. The lowest BCUT2D eigenvalue weighted by Gasteiger charge is -2.35. The Balaban J connectivity index is 1.69. The minimum Gasteiger partial charge on any atom is -0.494 e. The summed E-state index contributed by atoms with van der Waals surface area (Å²) < 4.78 is 12.1. The van der Waals surface area contributed by atoms with E-state index in [0.717, 1.165) is 56.4 Å². The fourth-order valence-corrected chi connectivity index (χ4v) is 5.02. The summed E-state index contributed by atoms with van der Waals surface area (Å²) in [5.41, 5.74) is 1.48. The molecule has 0 aromatic heterocycles. The molecule has 168 valence electrons. The van der Waals surface area contributed by atoms with Crippen LogP contribution in [0.3, 0.4) is 0 Å². The number of hydrogen-bond acceptors (Lipinski definition) is 5. The number of Topliss-reactive ketones (excluding diaryl/α,β-unsaturated/α-hetero) is 1. The molecule has 0 N–H and O–H groups in total. The minimum atomic E-state index is -0.398. The first kappa shape index (κ1) is 21.9. The van der Waals surface area contributed by atoms with E-state index in [0.29, 0.717) is 24.5 Å². The second-order valence-electron chi connectivity index (χ2n) is 9.13. The van der Waals surface area contributed by atoms with E-state index >= 15 is 0 Å². The number of fused-ring (bicyclic) bond motifs is 1. The summed E-state index contributed by atoms with van der Waals surface area (Å²) in [7, 11) is 4.05. The molecule has 31 heavy (non-hydrogen) atoms. The fourth-order valence-electron chi connectivity index (χ4n) is 5.02. The van der Waals surface area contributed by atoms with Crippen molar-refractivity contribution in [2.75, 3.05) is 33.8 Å². The zero-order valence-electron chi connectivity index (χ0n) is 18.9. The van der Waals surface area contributed by atoms with Gasteiger partial charge in [-0.2, -0.15) is 0 Å². The fraction of sp³-hybridized carbons (Fsp3) is 0.600. The summed E-state index contributed by atoms with van der Waals surface area (Å²) in [5, 5.41) is 0. The molecule has 3 atom stereocenters. The van der Waals surface area contributed by atoms with Gasteiger partial charge in [0.25, 0.3) is 5.91 Å². The van der Waals surface area contributed by atoms with Gasteiger partial charge in [0, 0.05) is 6.54 Å². The van der Waals surface area contributed by atoms with Crippen molar-refractivity contribution >= 4 is 11.7 Å². The first-order chi connectivity index (χ1) is 15.0. The Morgan fingerprint density at radius 2 is 2.00 bits per heavy atom. The molecule has 3 unspecified atom stereocenters. The molecular weight excluding hydrogens is 392 g/mol. The van der Waals surface area contributed by atoms with Crippen LogP contribution in [0.5, 0.6) is 5.75 Å². The summed E-state index contributed by atoms with van der Waals surface area (Å²) in [5.74, 6) is 0.913. The molecular formula is C25H34N2O4. The van der Waals surface area contributed by atoms with Gasteiger partial charge in [0.05, 0.1) is 24.1 Å². The van der Waals surface area contributed by atoms with E-state index in [4.69, 9.17) is 9.47 Å². The van der Waals surface area contributed by atoms with Gasteiger partial charge >= 0.3 is 0 Å². The lowest BCUT2D eigenvalue weighted by Crippen LogP contribution is -2.39. The maximum absolute atomic E-state index is 13.6. The highest BCUT2D eigenvalue weighted by Crippen LogP contribution is 2.47. The van der Waals surface area contributed by atoms with Crippen LogP contribution in [-0.4, -0.2) is 61.4 Å². The molecule has 1 saturated carbocycles. The number of rotatable bonds is 8. The van der Waals surface area contributed by atoms with Gasteiger partial charge in [-0.05, 0) is 70.4 Å². The van der Waals surface area contributed by atoms with Crippen molar-refractivity contribution in [1.29, 1.82) is 0 Å². The van der Waals surface area contributed by atoms with Crippen LogP contribution < -0.4 is 4.74 Å². The molecule has 1 amide bonds. The second kappa shape index (κ2) is 9.43. The van der Waals surface area contributed by atoms with Crippen LogP contribution in [0.25, 0.3) is 0 Å². The Morgan fingerprint density at radius 3 is 2.77 bits per heavy atom. The van der Waals surface area contributed by atoms with Crippen molar-refractivity contribution in [3.8, 4) is 5.75 Å². The Bertz CT molecular complexity index is 863. The monoisotopic (exact) mass is 426 g/mol. The van der Waals surface area contributed by atoms with Crippen LogP contribution in [0.15, 0.2) is 35.6 Å². The molecule has 2 heterocycles. The average Bonchev–Trinajstić information content (AvgIpc) is 3.04. The number of carbonyl (C=O) groups is 2. The van der Waals surface area contributed by atoms with Crippen LogP contribution in [-0.2, 0) is 14.3 Å². The van der Waals surface area contributed by atoms with Crippen LogP contribution in [0.4, 0.5) is 0 Å². The molecule has 1 aromatic carbocycles. The third-order valence-corrected chi connectivity index (χ3v) is 6.51. The van der Waals surface area contributed by atoms with E-state index in [-0.39, 0.29) is 23.7 Å². The van der Waals surface area contributed by atoms with Gasteiger partial charge < -0.3 is 19.3 Å². The van der Waals surface area contributed by atoms with Crippen LogP contribution in [0, 0.1) is 5.92 Å². The minimum absolute atomic E-state index is 0.110. The van der Waals surface area contributed by atoms with Gasteiger partial charge in [0.15, 0.2) is 11.5 Å². The van der Waals surface area contributed by atoms with Crippen molar-refractivity contribution in [3.05, 3.63) is 41.2 Å². The van der Waals surface area contributed by atoms with Crippen LogP contribution in [0.2, 0.25) is 0 Å². The van der Waals surface area contributed by atoms with Gasteiger partial charge in [-0.1, -0.05) is 25.5 Å². The normalized spacial score (nSPS) is 25.5. The maximum Gasteiger partial charge on any atom is 0.290 e. The SMILES string of the molecule is CCCOc1cccc(C2C3=C(OC4CCCCC4C3=O)C(=O)N2CCCN(C)C)c1. The molecule has 0 saturated heterocycles. The highest BCUT2D eigenvalue weighted by molar-refractivity contribution is 6.11. The molecule has 6 heteroatoms. The van der Waals surface area contributed by atoms with Crippen molar-refractivity contribution in [2.45, 2.75) is 57.6 Å². The van der Waals surface area contributed by atoms with E-state index in [2.05, 4.69) is 11.8 Å². The van der Waals surface area contributed by atoms with Crippen molar-refractivity contribution in [3.63, 3.8) is 0 Å². The molecule has 4 rings (SSSR count). The zero-order valence-corrected chi connectivity index (χ0v) is 18.9. The quantitative estimate of drug-likeness (QED) is 0.634. The molecule has 0 spiro atoms. The lowest BCUT2D eigenvalue weighted by atomic mass is 9.77. The largest absolute Gasteiger partial charge is 0.494 e. The Kier molecular flexibility index (Phi) is 6.65. The molecule has 6 nitrogen and oxygen atoms in total. The van der Waals surface area contributed by atoms with Crippen molar-refractivity contribution < 1.29 is 19.1 Å². The summed E-state index contributed by atoms with van der Waals surface area (Å²) in [6, 6.07) is 7.44. The third-order valence-electron chi connectivity index (χ3n) is 6.51. The molecule has 2 aliphatic heterocycles. The Hall–Kier alpha value is -2.34. The number of amides is 1. The number of ketones is 1. The smallest absolute Gasteiger partial charge is 0.290 e. The third kappa shape index (κ3) is 4.36. The van der Waals surface area contributed by atoms with Crippen molar-refractivity contribution in [2.24, 2.45) is 5.92 Å². The topological polar surface area (TPSA) is 59.1 Å². The number of nitrogens with zero attached hydrogens (tertiary/aromatic N) is 2. The van der Waals surface area contributed by atoms with Gasteiger partial charge in [-0.25, -0.2) is 0 Å². The first-order valence-corrected chi connectivity index (χ1v) is 11.6. The summed E-state index contributed by atoms with van der Waals surface area (Å²) in [4.78, 5) is 31.0. The summed E-state index contributed by atoms with van der Waals surface area (Å²) in [6.07, 6.45) is 5.41. The van der Waals surface area contributed by atoms with E-state index in [1.165, 1.54) is 0 Å². The summed E-state index contributed by atoms with van der Waals surface area (Å²) in [6.45, 7) is 4.17. The Morgan fingerprint density at radius 1 is 1.19 bits per heavy atom. The van der Waals surface area contributed by atoms with E-state index < -0.39 is 6.04 Å². The highest BCUT2D eigenvalue weighted by atomic mass is 16.5. The predicted octanol–water partition coefficient (Wildman–Crippen LogP) is 3.72. The number of benzene rings is 1. The Labute approximate surface area is 185 Å². The second-order valence-corrected chi connectivity index (χ2v) is 9.13.